The van der Waals surface area contributed by atoms with Crippen LogP contribution in [0.15, 0.2) is 0 Å². The van der Waals surface area contributed by atoms with Crippen LogP contribution >= 0.6 is 0 Å². The van der Waals surface area contributed by atoms with E-state index in [9.17, 15) is 0 Å². The molecule has 0 spiro atoms. The number of hydrogen-bond donors (Lipinski definition) is 0. The minimum absolute atomic E-state index is 0.798. The molecule has 152 valence electrons. The van der Waals surface area contributed by atoms with Gasteiger partial charge in [-0.15, -0.1) is 0 Å². The maximum absolute atomic E-state index is 2.45. The topological polar surface area (TPSA) is 0 Å². The van der Waals surface area contributed by atoms with Gasteiger partial charge in [0.15, 0.2) is 0 Å². The Bertz CT molecular complexity index is 383. The number of quaternary nitrogens is 4. The molecule has 0 amide bonds. The van der Waals surface area contributed by atoms with Gasteiger partial charge in [-0.05, 0) is 0 Å². The molecule has 4 nitrogen and oxygen atoms in total. The summed E-state index contributed by atoms with van der Waals surface area (Å²) in [5.74, 6) is 3.19. The normalized spacial score (nSPS) is 42.0. The first-order valence-corrected chi connectivity index (χ1v) is 11.3. The van der Waals surface area contributed by atoms with E-state index in [1.54, 1.807) is 0 Å². The maximum Gasteiger partial charge on any atom is 0.225 e. The molecule has 4 saturated heterocycles. The Kier molecular flexibility index (Phi) is 5.32. The fourth-order valence-electron chi connectivity index (χ4n) is 8.15. The average Bonchev–Trinajstić information content (AvgIpc) is 2.28. The molecule has 4 fully saturated rings. The molecule has 26 heavy (non-hydrogen) atoms. The summed E-state index contributed by atoms with van der Waals surface area (Å²) in [4.78, 5) is 0. The summed E-state index contributed by atoms with van der Waals surface area (Å²) in [6.45, 7) is 33.6. The molecule has 4 aliphatic heterocycles. The van der Waals surface area contributed by atoms with Gasteiger partial charge in [0.25, 0.3) is 0 Å². The van der Waals surface area contributed by atoms with Crippen LogP contribution in [0.1, 0.15) is 55.4 Å². The third-order valence-corrected chi connectivity index (χ3v) is 6.61. The lowest BCUT2D eigenvalue weighted by molar-refractivity contribution is -1.43. The van der Waals surface area contributed by atoms with Crippen molar-refractivity contribution in [3.05, 3.63) is 0 Å². The van der Waals surface area contributed by atoms with Gasteiger partial charge in [-0.1, -0.05) is 55.4 Å². The maximum atomic E-state index is 2.45. The smallest absolute Gasteiger partial charge is 0.184 e. The minimum atomic E-state index is 0.798. The first-order valence-electron chi connectivity index (χ1n) is 11.3. The lowest BCUT2D eigenvalue weighted by Crippen LogP contribution is -2.95. The van der Waals surface area contributed by atoms with E-state index < -0.39 is 0 Å². The largest absolute Gasteiger partial charge is 0.225 e. The quantitative estimate of drug-likeness (QED) is 0.574. The van der Waals surface area contributed by atoms with E-state index in [-0.39, 0.29) is 0 Å². The molecule has 4 bridgehead atoms. The molecular formula is C22H48N4+4. The van der Waals surface area contributed by atoms with Gasteiger partial charge in [0, 0.05) is 23.7 Å². The Morgan fingerprint density at radius 1 is 0.385 bits per heavy atom. The molecule has 0 N–H and O–H groups in total. The van der Waals surface area contributed by atoms with Gasteiger partial charge >= 0.3 is 0 Å². The van der Waals surface area contributed by atoms with Crippen LogP contribution in [0.5, 0.6) is 0 Å². The summed E-state index contributed by atoms with van der Waals surface area (Å²) in [5, 5.41) is 0. The van der Waals surface area contributed by atoms with Gasteiger partial charge < -0.3 is 0 Å². The predicted octanol–water partition coefficient (Wildman–Crippen LogP) is 3.66. The van der Waals surface area contributed by atoms with E-state index in [4.69, 9.17) is 0 Å². The van der Waals surface area contributed by atoms with Crippen molar-refractivity contribution in [1.82, 2.24) is 0 Å². The van der Waals surface area contributed by atoms with Crippen molar-refractivity contribution in [2.75, 3.05) is 66.2 Å². The first-order chi connectivity index (χ1) is 11.9. The van der Waals surface area contributed by atoms with Crippen molar-refractivity contribution < 1.29 is 17.9 Å². The van der Waals surface area contributed by atoms with Crippen molar-refractivity contribution in [2.24, 2.45) is 23.7 Å². The molecule has 0 saturated carbocycles. The Morgan fingerprint density at radius 2 is 0.538 bits per heavy atom. The van der Waals surface area contributed by atoms with Crippen LogP contribution in [0, 0.1) is 23.7 Å². The molecular weight excluding hydrogens is 320 g/mol. The van der Waals surface area contributed by atoms with Gasteiger partial charge in [-0.3, -0.25) is 0 Å². The fraction of sp³-hybridized carbons (Fsp3) is 1.00. The Hall–Kier alpha value is -0.160. The Morgan fingerprint density at radius 3 is 0.654 bits per heavy atom. The van der Waals surface area contributed by atoms with Gasteiger partial charge in [-0.2, -0.15) is 17.9 Å². The minimum Gasteiger partial charge on any atom is -0.184 e. The van der Waals surface area contributed by atoms with Gasteiger partial charge in [-0.25, -0.2) is 0 Å². The van der Waals surface area contributed by atoms with Crippen LogP contribution in [-0.4, -0.2) is 84.1 Å². The van der Waals surface area contributed by atoms with Gasteiger partial charge in [0.2, 0.25) is 40.0 Å². The monoisotopic (exact) mass is 368 g/mol. The summed E-state index contributed by atoms with van der Waals surface area (Å²) in [6.07, 6.45) is 0. The summed E-state index contributed by atoms with van der Waals surface area (Å²) in [5.41, 5.74) is 0. The number of nitrogens with zero attached hydrogens (tertiary/aromatic N) is 4. The van der Waals surface area contributed by atoms with E-state index in [0.29, 0.717) is 0 Å². The van der Waals surface area contributed by atoms with Crippen LogP contribution in [0.25, 0.3) is 0 Å². The second-order valence-corrected chi connectivity index (χ2v) is 12.5. The van der Waals surface area contributed by atoms with E-state index >= 15 is 0 Å². The molecule has 0 aliphatic carbocycles. The molecule has 4 rings (SSSR count). The van der Waals surface area contributed by atoms with Crippen LogP contribution in [0.2, 0.25) is 0 Å². The highest BCUT2D eigenvalue weighted by atomic mass is 15.9. The van der Waals surface area contributed by atoms with Crippen LogP contribution in [0.3, 0.4) is 0 Å². The summed E-state index contributed by atoms with van der Waals surface area (Å²) < 4.78 is 5.57. The Balaban J connectivity index is 2.04. The highest BCUT2D eigenvalue weighted by molar-refractivity contribution is 4.60. The number of rotatable bonds is 8. The molecule has 4 aliphatic rings. The SMILES string of the molecule is CC(C)C[N+]12C[N+]3(CC(C)C)C[N+](CC(C)C)(C1)C[N+](CC(C)C)(C2)C3. The second kappa shape index (κ2) is 6.72. The van der Waals surface area contributed by atoms with Crippen molar-refractivity contribution in [3.63, 3.8) is 0 Å². The average molecular weight is 369 g/mol. The van der Waals surface area contributed by atoms with Gasteiger partial charge in [0.1, 0.15) is 0 Å². The summed E-state index contributed by atoms with van der Waals surface area (Å²) >= 11 is 0. The molecule has 0 aromatic carbocycles. The molecule has 0 aromatic heterocycles. The zero-order valence-electron chi connectivity index (χ0n) is 19.2. The van der Waals surface area contributed by atoms with Crippen molar-refractivity contribution in [2.45, 2.75) is 55.4 Å². The van der Waals surface area contributed by atoms with Crippen LogP contribution in [0.4, 0.5) is 0 Å². The molecule has 0 atom stereocenters. The lowest BCUT2D eigenvalue weighted by atomic mass is 10.0. The first kappa shape index (κ1) is 20.6. The van der Waals surface area contributed by atoms with Gasteiger partial charge in [0.05, 0.1) is 26.2 Å². The molecule has 0 unspecified atom stereocenters. The third-order valence-electron chi connectivity index (χ3n) is 6.61. The van der Waals surface area contributed by atoms with Crippen LogP contribution in [-0.2, 0) is 0 Å². The number of hydrogen-bond acceptors (Lipinski definition) is 0. The fourth-order valence-corrected chi connectivity index (χ4v) is 8.15. The molecule has 4 heteroatoms. The highest BCUT2D eigenvalue weighted by Gasteiger charge is 2.72. The predicted molar refractivity (Wildman–Crippen MR) is 109 cm³/mol. The molecule has 0 radical (unpaired) electrons. The molecule has 0 aromatic rings. The highest BCUT2D eigenvalue weighted by Crippen LogP contribution is 2.45. The van der Waals surface area contributed by atoms with Crippen molar-refractivity contribution in [1.29, 1.82) is 0 Å². The van der Waals surface area contributed by atoms with E-state index in [1.165, 1.54) is 84.1 Å². The third kappa shape index (κ3) is 3.99. The van der Waals surface area contributed by atoms with Crippen molar-refractivity contribution >= 4 is 0 Å². The Labute approximate surface area is 163 Å². The lowest BCUT2D eigenvalue weighted by Gasteiger charge is -2.68. The summed E-state index contributed by atoms with van der Waals surface area (Å²) in [7, 11) is 0. The molecule has 4 heterocycles. The van der Waals surface area contributed by atoms with E-state index in [1.807, 2.05) is 0 Å². The standard InChI is InChI=1S/C22H48N4/c1-19(2)9-23-13-24(10-20(3)4)16-25(14-23,11-21(5)6)18-26(15-23,17-24)12-22(7)8/h19-22H,9-18H2,1-8H3/q+4. The zero-order chi connectivity index (χ0) is 19.4. The second-order valence-electron chi connectivity index (χ2n) is 12.5. The van der Waals surface area contributed by atoms with Crippen molar-refractivity contribution in [3.8, 4) is 0 Å². The summed E-state index contributed by atoms with van der Waals surface area (Å²) in [6, 6.07) is 0. The van der Waals surface area contributed by atoms with E-state index in [2.05, 4.69) is 55.4 Å². The van der Waals surface area contributed by atoms with E-state index in [0.717, 1.165) is 23.7 Å². The zero-order valence-corrected chi connectivity index (χ0v) is 19.2. The van der Waals surface area contributed by atoms with Crippen LogP contribution < -0.4 is 0 Å².